The highest BCUT2D eigenvalue weighted by Crippen LogP contribution is 2.34. The van der Waals surface area contributed by atoms with E-state index in [1.807, 2.05) is 0 Å². The summed E-state index contributed by atoms with van der Waals surface area (Å²) in [7, 11) is 0. The molecule has 0 saturated carbocycles. The molecule has 0 aliphatic carbocycles. The molecule has 7 heteroatoms. The second kappa shape index (κ2) is 15.4. The molecule has 0 aliphatic heterocycles. The highest BCUT2D eigenvalue weighted by atomic mass is 19.4. The van der Waals surface area contributed by atoms with E-state index in [-0.39, 0.29) is 23.1 Å². The predicted molar refractivity (Wildman–Crippen MR) is 133 cm³/mol. The molecule has 0 fully saturated rings. The number of halogens is 3. The molecular formula is C28H37F3O4. The Hall–Kier alpha value is -2.57. The number of ether oxygens (including phenoxy) is 1. The van der Waals surface area contributed by atoms with Gasteiger partial charge in [0.1, 0.15) is 11.3 Å². The van der Waals surface area contributed by atoms with Gasteiger partial charge in [0.15, 0.2) is 0 Å². The Morgan fingerprint density at radius 2 is 1.49 bits per heavy atom. The van der Waals surface area contributed by atoms with Gasteiger partial charge in [0.05, 0.1) is 5.56 Å². The molecule has 0 N–H and O–H groups in total. The van der Waals surface area contributed by atoms with Crippen LogP contribution >= 0.6 is 0 Å². The molecule has 0 aliphatic rings. The SMILES string of the molecule is CCCCCCCC/C=C\CCCCCCCC(=O)Oc1ccc2c(C(F)(F)F)cc(=O)oc2c1. The Balaban J connectivity index is 1.60. The molecule has 1 aromatic heterocycles. The minimum absolute atomic E-state index is 0.0534. The van der Waals surface area contributed by atoms with Gasteiger partial charge in [-0.3, -0.25) is 4.79 Å². The lowest BCUT2D eigenvalue weighted by molar-refractivity contribution is -0.137. The average Bonchev–Trinajstić information content (AvgIpc) is 2.80. The zero-order chi connectivity index (χ0) is 25.5. The van der Waals surface area contributed by atoms with Crippen molar-refractivity contribution in [1.29, 1.82) is 0 Å². The maximum atomic E-state index is 13.1. The summed E-state index contributed by atoms with van der Waals surface area (Å²) in [4.78, 5) is 23.5. The van der Waals surface area contributed by atoms with E-state index in [9.17, 15) is 22.8 Å². The Morgan fingerprint density at radius 1 is 0.886 bits per heavy atom. The number of hydrogen-bond acceptors (Lipinski definition) is 4. The van der Waals surface area contributed by atoms with Gasteiger partial charge in [0.25, 0.3) is 0 Å². The highest BCUT2D eigenvalue weighted by Gasteiger charge is 2.33. The summed E-state index contributed by atoms with van der Waals surface area (Å²) < 4.78 is 49.4. The highest BCUT2D eigenvalue weighted by molar-refractivity contribution is 5.83. The molecule has 0 spiro atoms. The molecule has 0 bridgehead atoms. The minimum Gasteiger partial charge on any atom is -0.426 e. The number of esters is 1. The van der Waals surface area contributed by atoms with Crippen LogP contribution in [-0.2, 0) is 11.0 Å². The van der Waals surface area contributed by atoms with Crippen LogP contribution < -0.4 is 10.4 Å². The van der Waals surface area contributed by atoms with Crippen LogP contribution in [0.4, 0.5) is 13.2 Å². The summed E-state index contributed by atoms with van der Waals surface area (Å²) >= 11 is 0. The smallest absolute Gasteiger partial charge is 0.417 e. The van der Waals surface area contributed by atoms with E-state index in [1.165, 1.54) is 51.0 Å². The van der Waals surface area contributed by atoms with Gasteiger partial charge in [-0.15, -0.1) is 0 Å². The molecule has 35 heavy (non-hydrogen) atoms. The molecule has 1 aromatic carbocycles. The first-order chi connectivity index (χ1) is 16.8. The van der Waals surface area contributed by atoms with Gasteiger partial charge in [0, 0.05) is 23.9 Å². The van der Waals surface area contributed by atoms with Crippen molar-refractivity contribution in [2.75, 3.05) is 0 Å². The number of carbonyl (C=O) groups is 1. The molecule has 4 nitrogen and oxygen atoms in total. The van der Waals surface area contributed by atoms with E-state index in [2.05, 4.69) is 19.1 Å². The molecular weight excluding hydrogens is 457 g/mol. The van der Waals surface area contributed by atoms with Crippen molar-refractivity contribution >= 4 is 16.9 Å². The van der Waals surface area contributed by atoms with Crippen LogP contribution in [0.2, 0.25) is 0 Å². The zero-order valence-electron chi connectivity index (χ0n) is 20.6. The van der Waals surface area contributed by atoms with Crippen molar-refractivity contribution in [2.24, 2.45) is 0 Å². The van der Waals surface area contributed by atoms with Crippen LogP contribution in [-0.4, -0.2) is 5.97 Å². The normalized spacial score (nSPS) is 12.0. The van der Waals surface area contributed by atoms with Crippen molar-refractivity contribution in [3.63, 3.8) is 0 Å². The molecule has 194 valence electrons. The number of alkyl halides is 3. The Morgan fingerprint density at radius 3 is 2.11 bits per heavy atom. The average molecular weight is 495 g/mol. The molecule has 1 heterocycles. The third-order valence-electron chi connectivity index (χ3n) is 5.90. The molecule has 0 amide bonds. The molecule has 0 radical (unpaired) electrons. The van der Waals surface area contributed by atoms with Gasteiger partial charge < -0.3 is 9.15 Å². The van der Waals surface area contributed by atoms with Crippen LogP contribution in [0.25, 0.3) is 11.0 Å². The summed E-state index contributed by atoms with van der Waals surface area (Å²) in [6.45, 7) is 2.23. The van der Waals surface area contributed by atoms with Gasteiger partial charge in [-0.25, -0.2) is 4.79 Å². The Bertz CT molecular complexity index is 992. The quantitative estimate of drug-likeness (QED) is 0.0769. The fraction of sp³-hybridized carbons (Fsp3) is 0.571. The molecule has 2 rings (SSSR count). The van der Waals surface area contributed by atoms with Crippen molar-refractivity contribution in [1.82, 2.24) is 0 Å². The third-order valence-corrected chi connectivity index (χ3v) is 5.90. The van der Waals surface area contributed by atoms with E-state index in [1.54, 1.807) is 0 Å². The van der Waals surface area contributed by atoms with E-state index in [0.717, 1.165) is 44.2 Å². The first kappa shape index (κ1) is 28.7. The van der Waals surface area contributed by atoms with Crippen LogP contribution in [0.5, 0.6) is 5.75 Å². The lowest BCUT2D eigenvalue weighted by Gasteiger charge is -2.10. The van der Waals surface area contributed by atoms with Crippen molar-refractivity contribution < 1.29 is 27.1 Å². The Labute approximate surface area is 205 Å². The standard InChI is InChI=1S/C28H37F3O4/c1-2-3-4-5-6-7-8-9-10-11-12-13-14-15-16-17-26(32)34-22-18-19-23-24(28(29,30)31)21-27(33)35-25(23)20-22/h9-10,18-21H,2-8,11-17H2,1H3/b10-9-. The maximum Gasteiger partial charge on any atom is 0.417 e. The fourth-order valence-corrected chi connectivity index (χ4v) is 3.96. The van der Waals surface area contributed by atoms with Crippen molar-refractivity contribution in [3.05, 3.63) is 52.4 Å². The first-order valence-electron chi connectivity index (χ1n) is 12.8. The van der Waals surface area contributed by atoms with E-state index >= 15 is 0 Å². The lowest BCUT2D eigenvalue weighted by Crippen LogP contribution is -2.11. The first-order valence-corrected chi connectivity index (χ1v) is 12.8. The minimum atomic E-state index is -4.68. The summed E-state index contributed by atoms with van der Waals surface area (Å²) in [5, 5.41) is -0.255. The predicted octanol–water partition coefficient (Wildman–Crippen LogP) is 8.75. The topological polar surface area (TPSA) is 56.5 Å². The van der Waals surface area contributed by atoms with E-state index in [0.29, 0.717) is 12.5 Å². The third kappa shape index (κ3) is 11.1. The summed E-state index contributed by atoms with van der Waals surface area (Å²) in [6, 6.07) is 3.98. The second-order valence-electron chi connectivity index (χ2n) is 8.94. The van der Waals surface area contributed by atoms with Gasteiger partial charge in [-0.2, -0.15) is 13.2 Å². The number of allylic oxidation sites excluding steroid dienone is 2. The number of rotatable bonds is 16. The van der Waals surface area contributed by atoms with Gasteiger partial charge in [0.2, 0.25) is 0 Å². The van der Waals surface area contributed by atoms with E-state index in [4.69, 9.17) is 9.15 Å². The fourth-order valence-electron chi connectivity index (χ4n) is 3.96. The van der Waals surface area contributed by atoms with Gasteiger partial charge in [-0.1, -0.05) is 70.4 Å². The molecule has 0 atom stereocenters. The summed E-state index contributed by atoms with van der Waals surface area (Å²) in [5.41, 5.74) is -2.45. The Kier molecular flexibility index (Phi) is 12.6. The molecule has 2 aromatic rings. The molecule has 0 unspecified atom stereocenters. The number of hydrogen-bond donors (Lipinski definition) is 0. The maximum absolute atomic E-state index is 13.1. The number of fused-ring (bicyclic) bond motifs is 1. The number of benzene rings is 1. The van der Waals surface area contributed by atoms with Crippen LogP contribution in [0.3, 0.4) is 0 Å². The van der Waals surface area contributed by atoms with Crippen molar-refractivity contribution in [2.45, 2.75) is 103 Å². The van der Waals surface area contributed by atoms with Crippen LogP contribution in [0.15, 0.2) is 45.6 Å². The monoisotopic (exact) mass is 494 g/mol. The second-order valence-corrected chi connectivity index (χ2v) is 8.94. The van der Waals surface area contributed by atoms with Crippen molar-refractivity contribution in [3.8, 4) is 5.75 Å². The van der Waals surface area contributed by atoms with Gasteiger partial charge in [-0.05, 0) is 44.2 Å². The van der Waals surface area contributed by atoms with Crippen LogP contribution in [0, 0.1) is 0 Å². The summed E-state index contributed by atoms with van der Waals surface area (Å²) in [5.74, 6) is -0.408. The lowest BCUT2D eigenvalue weighted by atomic mass is 10.1. The summed E-state index contributed by atoms with van der Waals surface area (Å²) in [6.07, 6.45) is 15.2. The largest absolute Gasteiger partial charge is 0.426 e. The molecule has 0 saturated heterocycles. The number of unbranched alkanes of at least 4 members (excludes halogenated alkanes) is 11. The van der Waals surface area contributed by atoms with Gasteiger partial charge >= 0.3 is 17.8 Å². The number of carbonyl (C=O) groups excluding carboxylic acids is 1. The van der Waals surface area contributed by atoms with Crippen LogP contribution in [0.1, 0.15) is 102 Å². The van der Waals surface area contributed by atoms with E-state index < -0.39 is 23.3 Å². The zero-order valence-corrected chi connectivity index (χ0v) is 20.6.